The predicted molar refractivity (Wildman–Crippen MR) is 137 cm³/mol. The maximum atomic E-state index is 15.4. The van der Waals surface area contributed by atoms with Crippen molar-refractivity contribution in [3.05, 3.63) is 69.8 Å². The highest BCUT2D eigenvalue weighted by molar-refractivity contribution is 5.95. The van der Waals surface area contributed by atoms with Crippen molar-refractivity contribution in [2.24, 2.45) is 11.1 Å². The summed E-state index contributed by atoms with van der Waals surface area (Å²) in [5.74, 6) is -1.83. The number of carboxylic acid groups (broad SMARTS) is 1. The van der Waals surface area contributed by atoms with Gasteiger partial charge in [-0.25, -0.2) is 14.2 Å². The van der Waals surface area contributed by atoms with E-state index in [-0.39, 0.29) is 28.7 Å². The number of rotatable bonds is 9. The largest absolute Gasteiger partial charge is 0.477 e. The number of hydrogen-bond donors (Lipinski definition) is 2. The number of benzene rings is 1. The molecule has 3 aliphatic rings. The first-order valence-corrected chi connectivity index (χ1v) is 12.7. The summed E-state index contributed by atoms with van der Waals surface area (Å²) in [5, 5.41) is 17.4. The van der Waals surface area contributed by atoms with Gasteiger partial charge in [-0.2, -0.15) is 0 Å². The minimum absolute atomic E-state index is 0.0146. The van der Waals surface area contributed by atoms with E-state index in [1.54, 1.807) is 4.57 Å². The number of nitrogens with zero attached hydrogens (tertiary/aromatic N) is 4. The summed E-state index contributed by atoms with van der Waals surface area (Å²) >= 11 is 0. The zero-order valence-corrected chi connectivity index (χ0v) is 20.3. The van der Waals surface area contributed by atoms with Crippen molar-refractivity contribution < 1.29 is 19.1 Å². The fourth-order valence-electron chi connectivity index (χ4n) is 4.81. The molecule has 6 rings (SSSR count). The fraction of sp³-hybridized carbons (Fsp3) is 0.407. The molecule has 0 bridgehead atoms. The van der Waals surface area contributed by atoms with Crippen LogP contribution in [0.4, 0.5) is 10.2 Å². The van der Waals surface area contributed by atoms with Crippen molar-refractivity contribution in [3.8, 4) is 0 Å². The summed E-state index contributed by atoms with van der Waals surface area (Å²) in [4.78, 5) is 36.5. The average Bonchev–Trinajstić information content (AvgIpc) is 3.82. The molecule has 9 nitrogen and oxygen atoms in total. The van der Waals surface area contributed by atoms with Gasteiger partial charge in [-0.05, 0) is 37.3 Å². The van der Waals surface area contributed by atoms with Crippen LogP contribution in [0.1, 0.15) is 47.6 Å². The Bertz CT molecular complexity index is 1430. The number of hydrogen-bond acceptors (Lipinski definition) is 7. The summed E-state index contributed by atoms with van der Waals surface area (Å²) in [5.41, 5.74) is 1.04. The van der Waals surface area contributed by atoms with Gasteiger partial charge in [0.15, 0.2) is 11.6 Å². The van der Waals surface area contributed by atoms with E-state index in [0.717, 1.165) is 43.0 Å². The second kappa shape index (κ2) is 9.59. The highest BCUT2D eigenvalue weighted by Gasteiger charge is 2.35. The predicted octanol–water partition coefficient (Wildman–Crippen LogP) is 3.33. The lowest BCUT2D eigenvalue weighted by atomic mass is 10.1. The third-order valence-corrected chi connectivity index (χ3v) is 7.16. The molecule has 2 aromatic heterocycles. The molecule has 2 aliphatic carbocycles. The van der Waals surface area contributed by atoms with E-state index in [1.807, 2.05) is 35.2 Å². The van der Waals surface area contributed by atoms with Crippen molar-refractivity contribution in [1.82, 2.24) is 14.9 Å². The fourth-order valence-corrected chi connectivity index (χ4v) is 4.81. The lowest BCUT2D eigenvalue weighted by Gasteiger charge is -2.19. The molecule has 3 heterocycles. The zero-order chi connectivity index (χ0) is 25.5. The van der Waals surface area contributed by atoms with Crippen LogP contribution in [0.15, 0.2) is 52.5 Å². The SMILES string of the molecule is O=C(O)c1cn(C2CC2)c2nc(N3C/C(=N/OCc4ccccc4)C(CNC4CC4)C3)c(F)cc2c1=O. The third-order valence-electron chi connectivity index (χ3n) is 7.16. The summed E-state index contributed by atoms with van der Waals surface area (Å²) in [6, 6.07) is 11.5. The van der Waals surface area contributed by atoms with Gasteiger partial charge in [-0.1, -0.05) is 35.5 Å². The van der Waals surface area contributed by atoms with Crippen LogP contribution in [0.5, 0.6) is 0 Å². The molecule has 37 heavy (non-hydrogen) atoms. The van der Waals surface area contributed by atoms with Crippen molar-refractivity contribution in [2.75, 3.05) is 24.5 Å². The van der Waals surface area contributed by atoms with Crippen LogP contribution in [0.3, 0.4) is 0 Å². The molecule has 0 spiro atoms. The zero-order valence-electron chi connectivity index (χ0n) is 20.3. The number of halogens is 1. The molecule has 3 fully saturated rings. The molecule has 1 atom stereocenters. The maximum absolute atomic E-state index is 15.4. The van der Waals surface area contributed by atoms with Gasteiger partial charge in [0.1, 0.15) is 17.8 Å². The van der Waals surface area contributed by atoms with Crippen LogP contribution in [0.2, 0.25) is 0 Å². The molecule has 1 unspecified atom stereocenters. The van der Waals surface area contributed by atoms with E-state index in [9.17, 15) is 14.7 Å². The Morgan fingerprint density at radius 1 is 1.22 bits per heavy atom. The third kappa shape index (κ3) is 4.93. The summed E-state index contributed by atoms with van der Waals surface area (Å²) in [6.07, 6.45) is 5.38. The second-order valence-electron chi connectivity index (χ2n) is 10.1. The first-order valence-electron chi connectivity index (χ1n) is 12.7. The van der Waals surface area contributed by atoms with Gasteiger partial charge >= 0.3 is 5.97 Å². The number of nitrogens with one attached hydrogen (secondary N) is 1. The molecular weight excluding hydrogens is 477 g/mol. The van der Waals surface area contributed by atoms with Crippen LogP contribution in [0, 0.1) is 11.7 Å². The Kier molecular flexibility index (Phi) is 6.11. The number of aromatic carboxylic acids is 1. The maximum Gasteiger partial charge on any atom is 0.341 e. The van der Waals surface area contributed by atoms with Crippen LogP contribution in [0.25, 0.3) is 11.0 Å². The van der Waals surface area contributed by atoms with Crippen LogP contribution in [-0.4, -0.2) is 52.0 Å². The molecule has 0 radical (unpaired) electrons. The molecule has 1 aromatic carbocycles. The van der Waals surface area contributed by atoms with Gasteiger partial charge in [0, 0.05) is 37.3 Å². The van der Waals surface area contributed by atoms with E-state index in [4.69, 9.17) is 4.84 Å². The quantitative estimate of drug-likeness (QED) is 0.430. The van der Waals surface area contributed by atoms with Crippen LogP contribution < -0.4 is 15.6 Å². The van der Waals surface area contributed by atoms with Gasteiger partial charge in [-0.3, -0.25) is 4.79 Å². The lowest BCUT2D eigenvalue weighted by Crippen LogP contribution is -2.30. The number of carboxylic acids is 1. The number of pyridine rings is 2. The minimum Gasteiger partial charge on any atom is -0.477 e. The first-order chi connectivity index (χ1) is 18.0. The Balaban J connectivity index is 1.31. The van der Waals surface area contributed by atoms with Crippen LogP contribution >= 0.6 is 0 Å². The van der Waals surface area contributed by atoms with Gasteiger partial charge in [0.05, 0.1) is 17.6 Å². The van der Waals surface area contributed by atoms with E-state index in [1.165, 1.54) is 6.20 Å². The van der Waals surface area contributed by atoms with E-state index in [0.29, 0.717) is 37.9 Å². The van der Waals surface area contributed by atoms with Gasteiger partial charge in [-0.15, -0.1) is 0 Å². The highest BCUT2D eigenvalue weighted by Crippen LogP contribution is 2.37. The second-order valence-corrected chi connectivity index (χ2v) is 10.1. The average molecular weight is 506 g/mol. The summed E-state index contributed by atoms with van der Waals surface area (Å²) < 4.78 is 17.1. The standard InChI is InChI=1S/C27H28FN5O4/c28-22-10-20-24(34)21(27(35)36)13-33(19-8-9-19)25(20)30-26(22)32-12-17(11-29-18-6-7-18)23(14-32)31-37-15-16-4-2-1-3-5-16/h1-5,10,13,17-19,29H,6-9,11-12,14-15H2,(H,35,36)/b31-23-. The summed E-state index contributed by atoms with van der Waals surface area (Å²) in [6.45, 7) is 1.90. The number of aromatic nitrogens is 2. The molecule has 1 aliphatic heterocycles. The molecule has 2 saturated carbocycles. The molecule has 1 saturated heterocycles. The van der Waals surface area contributed by atoms with E-state index in [2.05, 4.69) is 15.5 Å². The van der Waals surface area contributed by atoms with Crippen molar-refractivity contribution >= 4 is 28.5 Å². The van der Waals surface area contributed by atoms with Gasteiger partial charge in [0.25, 0.3) is 0 Å². The Labute approximate surface area is 212 Å². The molecule has 3 aromatic rings. The summed E-state index contributed by atoms with van der Waals surface area (Å²) in [7, 11) is 0. The number of carbonyl (C=O) groups is 1. The number of oxime groups is 1. The minimum atomic E-state index is -1.33. The molecule has 192 valence electrons. The molecular formula is C27H28FN5O4. The number of fused-ring (bicyclic) bond motifs is 1. The topological polar surface area (TPSA) is 109 Å². The van der Waals surface area contributed by atoms with Gasteiger partial charge < -0.3 is 24.7 Å². The van der Waals surface area contributed by atoms with Crippen molar-refractivity contribution in [2.45, 2.75) is 44.4 Å². The van der Waals surface area contributed by atoms with Crippen LogP contribution in [-0.2, 0) is 11.4 Å². The monoisotopic (exact) mass is 505 g/mol. The Morgan fingerprint density at radius 2 is 2.00 bits per heavy atom. The molecule has 2 N–H and O–H groups in total. The van der Waals surface area contributed by atoms with E-state index >= 15 is 4.39 Å². The van der Waals surface area contributed by atoms with Crippen molar-refractivity contribution in [1.29, 1.82) is 0 Å². The van der Waals surface area contributed by atoms with Crippen molar-refractivity contribution in [3.63, 3.8) is 0 Å². The van der Waals surface area contributed by atoms with E-state index < -0.39 is 17.2 Å². The smallest absolute Gasteiger partial charge is 0.341 e. The molecule has 10 heteroatoms. The highest BCUT2D eigenvalue weighted by atomic mass is 19.1. The first kappa shape index (κ1) is 23.6. The normalized spacial score (nSPS) is 20.6. The van der Waals surface area contributed by atoms with Gasteiger partial charge in [0.2, 0.25) is 5.43 Å². The Hall–Kier alpha value is -3.79. The Morgan fingerprint density at radius 3 is 2.70 bits per heavy atom. The lowest BCUT2D eigenvalue weighted by molar-refractivity contribution is 0.0695. The molecule has 0 amide bonds. The number of anilines is 1.